The molecule has 0 aromatic carbocycles. The topological polar surface area (TPSA) is 83.5 Å². The predicted octanol–water partition coefficient (Wildman–Crippen LogP) is 3.25. The lowest BCUT2D eigenvalue weighted by Crippen LogP contribution is -2.56. The molecule has 0 unspecified atom stereocenters. The van der Waals surface area contributed by atoms with Gasteiger partial charge in [-0.25, -0.2) is 4.79 Å². The zero-order chi connectivity index (χ0) is 16.9. The number of carboxylic acid groups (broad SMARTS) is 1. The van der Waals surface area contributed by atoms with Gasteiger partial charge >= 0.3 is 5.97 Å². The van der Waals surface area contributed by atoms with Crippen LogP contribution in [0.1, 0.15) is 61.5 Å². The van der Waals surface area contributed by atoms with Crippen LogP contribution in [0.2, 0.25) is 0 Å². The number of hydrogen-bond acceptors (Lipinski definition) is 4. The van der Waals surface area contributed by atoms with Crippen molar-refractivity contribution in [3.63, 3.8) is 0 Å². The van der Waals surface area contributed by atoms with E-state index < -0.39 is 11.5 Å². The quantitative estimate of drug-likeness (QED) is 0.748. The summed E-state index contributed by atoms with van der Waals surface area (Å²) in [6.07, 6.45) is 3.74. The minimum atomic E-state index is -1.16. The molecule has 23 heavy (non-hydrogen) atoms. The molecular weight excluding hydrogens is 314 g/mol. The van der Waals surface area contributed by atoms with Crippen molar-refractivity contribution in [2.75, 3.05) is 0 Å². The summed E-state index contributed by atoms with van der Waals surface area (Å²) in [7, 11) is 0. The number of aliphatic carboxylic acids is 1. The molecule has 0 atom stereocenters. The van der Waals surface area contributed by atoms with E-state index in [-0.39, 0.29) is 24.5 Å². The molecule has 0 saturated heterocycles. The highest BCUT2D eigenvalue weighted by Gasteiger charge is 2.42. The van der Waals surface area contributed by atoms with Crippen LogP contribution >= 0.6 is 11.3 Å². The summed E-state index contributed by atoms with van der Waals surface area (Å²) in [5, 5.41) is 14.1. The van der Waals surface area contributed by atoms with Crippen LogP contribution in [0.4, 0.5) is 0 Å². The van der Waals surface area contributed by atoms with Crippen molar-refractivity contribution < 1.29 is 19.5 Å². The molecule has 2 rings (SSSR count). The SMILES string of the molecule is CCC1CCC(NC(=O)CCC(=O)c2cccs2)(C(=O)O)CC1. The van der Waals surface area contributed by atoms with Gasteiger partial charge in [0.1, 0.15) is 5.54 Å². The molecule has 0 radical (unpaired) electrons. The third kappa shape index (κ3) is 4.41. The van der Waals surface area contributed by atoms with E-state index in [1.165, 1.54) is 11.3 Å². The number of ketones is 1. The number of nitrogens with one attached hydrogen (secondary N) is 1. The molecule has 0 bridgehead atoms. The molecule has 0 spiro atoms. The Kier molecular flexibility index (Phi) is 5.93. The van der Waals surface area contributed by atoms with Gasteiger partial charge in [0.25, 0.3) is 0 Å². The Labute approximate surface area is 140 Å². The molecule has 1 saturated carbocycles. The van der Waals surface area contributed by atoms with Crippen LogP contribution in [0, 0.1) is 5.92 Å². The second-order valence-corrected chi connectivity index (χ2v) is 7.14. The van der Waals surface area contributed by atoms with Crippen LogP contribution < -0.4 is 5.32 Å². The fourth-order valence-corrected chi connectivity index (χ4v) is 3.78. The molecule has 126 valence electrons. The van der Waals surface area contributed by atoms with Crippen molar-refractivity contribution in [3.8, 4) is 0 Å². The summed E-state index contributed by atoms with van der Waals surface area (Å²) < 4.78 is 0. The molecule has 1 aromatic heterocycles. The van der Waals surface area contributed by atoms with Gasteiger partial charge in [-0.2, -0.15) is 0 Å². The summed E-state index contributed by atoms with van der Waals surface area (Å²) in [6, 6.07) is 3.53. The third-order valence-corrected chi connectivity index (χ3v) is 5.61. The first-order valence-electron chi connectivity index (χ1n) is 8.08. The molecule has 5 nitrogen and oxygen atoms in total. The Hall–Kier alpha value is -1.69. The molecular formula is C17H23NO4S. The van der Waals surface area contributed by atoms with Crippen LogP contribution in [-0.4, -0.2) is 28.3 Å². The Morgan fingerprint density at radius 3 is 2.52 bits per heavy atom. The number of carbonyl (C=O) groups is 3. The lowest BCUT2D eigenvalue weighted by Gasteiger charge is -2.37. The third-order valence-electron chi connectivity index (χ3n) is 4.70. The van der Waals surface area contributed by atoms with Gasteiger partial charge < -0.3 is 10.4 Å². The normalized spacial score (nSPS) is 24.1. The summed E-state index contributed by atoms with van der Waals surface area (Å²) in [5.74, 6) is -0.855. The van der Waals surface area contributed by atoms with E-state index in [9.17, 15) is 19.5 Å². The lowest BCUT2D eigenvalue weighted by molar-refractivity contribution is -0.149. The first-order chi connectivity index (χ1) is 11.0. The number of Topliss-reactive ketones (excluding diaryl/α,β-unsaturated/α-hetero) is 1. The molecule has 2 N–H and O–H groups in total. The predicted molar refractivity (Wildman–Crippen MR) is 88.6 cm³/mol. The Morgan fingerprint density at radius 2 is 2.00 bits per heavy atom. The number of rotatable bonds is 7. The monoisotopic (exact) mass is 337 g/mol. The van der Waals surface area contributed by atoms with Crippen LogP contribution in [0.3, 0.4) is 0 Å². The largest absolute Gasteiger partial charge is 0.480 e. The van der Waals surface area contributed by atoms with E-state index in [4.69, 9.17) is 0 Å². The van der Waals surface area contributed by atoms with Gasteiger partial charge in [0.05, 0.1) is 4.88 Å². The molecule has 1 aliphatic rings. The van der Waals surface area contributed by atoms with Crippen molar-refractivity contribution in [1.29, 1.82) is 0 Å². The number of amides is 1. The van der Waals surface area contributed by atoms with Gasteiger partial charge in [0.15, 0.2) is 5.78 Å². The second kappa shape index (κ2) is 7.73. The Bertz CT molecular complexity index is 559. The van der Waals surface area contributed by atoms with Gasteiger partial charge in [-0.15, -0.1) is 11.3 Å². The van der Waals surface area contributed by atoms with Crippen LogP contribution in [0.25, 0.3) is 0 Å². The van der Waals surface area contributed by atoms with Crippen molar-refractivity contribution in [3.05, 3.63) is 22.4 Å². The zero-order valence-electron chi connectivity index (χ0n) is 13.3. The maximum absolute atomic E-state index is 12.1. The number of hydrogen-bond donors (Lipinski definition) is 2. The smallest absolute Gasteiger partial charge is 0.329 e. The summed E-state index contributed by atoms with van der Waals surface area (Å²) in [5.41, 5.74) is -1.16. The second-order valence-electron chi connectivity index (χ2n) is 6.19. The van der Waals surface area contributed by atoms with E-state index in [1.807, 2.05) is 5.38 Å². The Balaban J connectivity index is 1.89. The van der Waals surface area contributed by atoms with Crippen LogP contribution in [0.15, 0.2) is 17.5 Å². The van der Waals surface area contributed by atoms with Gasteiger partial charge in [-0.3, -0.25) is 9.59 Å². The summed E-state index contributed by atoms with van der Waals surface area (Å²) in [6.45, 7) is 2.10. The van der Waals surface area contributed by atoms with Crippen LogP contribution in [0.5, 0.6) is 0 Å². The molecule has 6 heteroatoms. The Morgan fingerprint density at radius 1 is 1.30 bits per heavy atom. The fourth-order valence-electron chi connectivity index (χ4n) is 3.09. The van der Waals surface area contributed by atoms with Crippen molar-refractivity contribution in [2.45, 2.75) is 57.4 Å². The molecule has 1 fully saturated rings. The van der Waals surface area contributed by atoms with Crippen molar-refractivity contribution >= 4 is 29.0 Å². The van der Waals surface area contributed by atoms with Gasteiger partial charge in [-0.1, -0.05) is 19.4 Å². The van der Waals surface area contributed by atoms with Gasteiger partial charge in [-0.05, 0) is 43.0 Å². The first kappa shape index (κ1) is 17.7. The van der Waals surface area contributed by atoms with Crippen molar-refractivity contribution in [1.82, 2.24) is 5.32 Å². The van der Waals surface area contributed by atoms with Gasteiger partial charge in [0.2, 0.25) is 5.91 Å². The molecule has 0 aliphatic heterocycles. The van der Waals surface area contributed by atoms with Gasteiger partial charge in [0, 0.05) is 12.8 Å². The molecule has 1 aliphatic carbocycles. The molecule has 1 amide bonds. The summed E-state index contributed by atoms with van der Waals surface area (Å²) >= 11 is 1.35. The van der Waals surface area contributed by atoms with Crippen molar-refractivity contribution in [2.24, 2.45) is 5.92 Å². The maximum Gasteiger partial charge on any atom is 0.329 e. The minimum Gasteiger partial charge on any atom is -0.480 e. The van der Waals surface area contributed by atoms with E-state index in [0.29, 0.717) is 23.6 Å². The summed E-state index contributed by atoms with van der Waals surface area (Å²) in [4.78, 5) is 36.3. The zero-order valence-corrected chi connectivity index (χ0v) is 14.2. The van der Waals surface area contributed by atoms with E-state index in [0.717, 1.165) is 19.3 Å². The van der Waals surface area contributed by atoms with E-state index in [2.05, 4.69) is 12.2 Å². The average Bonchev–Trinajstić information content (AvgIpc) is 3.07. The molecule has 1 heterocycles. The highest BCUT2D eigenvalue weighted by Crippen LogP contribution is 2.34. The van der Waals surface area contributed by atoms with Crippen LogP contribution in [-0.2, 0) is 9.59 Å². The lowest BCUT2D eigenvalue weighted by atomic mass is 9.75. The highest BCUT2D eigenvalue weighted by molar-refractivity contribution is 7.12. The average molecular weight is 337 g/mol. The number of carbonyl (C=O) groups excluding carboxylic acids is 2. The van der Waals surface area contributed by atoms with E-state index >= 15 is 0 Å². The first-order valence-corrected chi connectivity index (χ1v) is 8.96. The molecule has 1 aromatic rings. The standard InChI is InChI=1S/C17H23NO4S/c1-2-12-7-9-17(10-8-12,16(21)22)18-15(20)6-5-13(19)14-4-3-11-23-14/h3-4,11-12H,2,5-10H2,1H3,(H,18,20)(H,21,22). The highest BCUT2D eigenvalue weighted by atomic mass is 32.1. The number of carboxylic acids is 1. The maximum atomic E-state index is 12.1. The fraction of sp³-hybridized carbons (Fsp3) is 0.588. The minimum absolute atomic E-state index is 0.0307. The van der Waals surface area contributed by atoms with E-state index in [1.54, 1.807) is 12.1 Å². The number of thiophene rings is 1.